The van der Waals surface area contributed by atoms with Crippen LogP contribution in [0.15, 0.2) is 18.2 Å². The van der Waals surface area contributed by atoms with Crippen LogP contribution in [-0.2, 0) is 0 Å². The van der Waals surface area contributed by atoms with E-state index in [0.717, 1.165) is 22.8 Å². The van der Waals surface area contributed by atoms with Crippen LogP contribution in [0.2, 0.25) is 0 Å². The fraction of sp³-hybridized carbons (Fsp3) is 0.455. The van der Waals surface area contributed by atoms with Gasteiger partial charge >= 0.3 is 0 Å². The minimum Gasteiger partial charge on any atom is -0.486 e. The maximum Gasteiger partial charge on any atom is 0.161 e. The van der Waals surface area contributed by atoms with Crippen LogP contribution in [0.5, 0.6) is 11.5 Å². The highest BCUT2D eigenvalue weighted by Gasteiger charge is 2.14. The van der Waals surface area contributed by atoms with E-state index in [1.54, 1.807) is 11.8 Å². The van der Waals surface area contributed by atoms with E-state index in [2.05, 4.69) is 6.26 Å². The second kappa shape index (κ2) is 4.77. The van der Waals surface area contributed by atoms with Gasteiger partial charge in [0.1, 0.15) is 13.2 Å². The zero-order valence-electron chi connectivity index (χ0n) is 8.73. The van der Waals surface area contributed by atoms with Crippen molar-refractivity contribution in [2.45, 2.75) is 6.04 Å². The number of hydrogen-bond acceptors (Lipinski definition) is 4. The van der Waals surface area contributed by atoms with E-state index >= 15 is 0 Å². The smallest absolute Gasteiger partial charge is 0.161 e. The highest BCUT2D eigenvalue weighted by molar-refractivity contribution is 7.98. The molecule has 0 aromatic heterocycles. The second-order valence-corrected chi connectivity index (χ2v) is 4.38. The molecule has 1 aliphatic heterocycles. The first-order valence-electron chi connectivity index (χ1n) is 4.95. The zero-order valence-corrected chi connectivity index (χ0v) is 9.55. The first-order chi connectivity index (χ1) is 7.31. The van der Waals surface area contributed by atoms with Crippen molar-refractivity contribution in [3.8, 4) is 11.5 Å². The summed E-state index contributed by atoms with van der Waals surface area (Å²) in [7, 11) is 0. The van der Waals surface area contributed by atoms with Crippen molar-refractivity contribution in [3.63, 3.8) is 0 Å². The average Bonchev–Trinajstić information content (AvgIpc) is 2.29. The summed E-state index contributed by atoms with van der Waals surface area (Å²) in [5.41, 5.74) is 7.13. The molecule has 0 bridgehead atoms. The van der Waals surface area contributed by atoms with E-state index in [0.29, 0.717) is 13.2 Å². The van der Waals surface area contributed by atoms with Crippen molar-refractivity contribution in [1.82, 2.24) is 0 Å². The van der Waals surface area contributed by atoms with Crippen molar-refractivity contribution in [2.75, 3.05) is 25.2 Å². The molecule has 1 aromatic rings. The molecule has 0 fully saturated rings. The normalized spacial score (nSPS) is 16.1. The Kier molecular flexibility index (Phi) is 3.38. The van der Waals surface area contributed by atoms with Crippen LogP contribution in [0, 0.1) is 0 Å². The molecule has 82 valence electrons. The lowest BCUT2D eigenvalue weighted by Crippen LogP contribution is -2.17. The topological polar surface area (TPSA) is 44.5 Å². The van der Waals surface area contributed by atoms with Crippen molar-refractivity contribution in [1.29, 1.82) is 0 Å². The first kappa shape index (κ1) is 10.6. The number of rotatable bonds is 3. The van der Waals surface area contributed by atoms with Crippen molar-refractivity contribution in [3.05, 3.63) is 23.8 Å². The Morgan fingerprint density at radius 1 is 1.33 bits per heavy atom. The van der Waals surface area contributed by atoms with Gasteiger partial charge in [-0.1, -0.05) is 6.07 Å². The molecule has 0 amide bonds. The quantitative estimate of drug-likeness (QED) is 0.852. The van der Waals surface area contributed by atoms with Crippen LogP contribution in [0.25, 0.3) is 0 Å². The third-order valence-electron chi connectivity index (χ3n) is 2.34. The Bertz CT molecular complexity index is 343. The molecule has 1 unspecified atom stereocenters. The van der Waals surface area contributed by atoms with Gasteiger partial charge in [0.2, 0.25) is 0 Å². The summed E-state index contributed by atoms with van der Waals surface area (Å²) in [5, 5.41) is 0. The molecule has 0 spiro atoms. The third-order valence-corrected chi connectivity index (χ3v) is 3.03. The Labute approximate surface area is 93.9 Å². The fourth-order valence-electron chi connectivity index (χ4n) is 1.57. The van der Waals surface area contributed by atoms with Gasteiger partial charge in [-0.05, 0) is 24.0 Å². The predicted octanol–water partition coefficient (Wildman–Crippen LogP) is 1.82. The molecular formula is C11H15NO2S. The van der Waals surface area contributed by atoms with E-state index in [4.69, 9.17) is 15.2 Å². The van der Waals surface area contributed by atoms with Gasteiger partial charge in [-0.15, -0.1) is 0 Å². The van der Waals surface area contributed by atoms with Gasteiger partial charge in [-0.2, -0.15) is 11.8 Å². The van der Waals surface area contributed by atoms with Crippen molar-refractivity contribution < 1.29 is 9.47 Å². The SMILES string of the molecule is CSCC(N)c1ccc2c(c1)OCCO2. The van der Waals surface area contributed by atoms with Gasteiger partial charge in [0.05, 0.1) is 0 Å². The Morgan fingerprint density at radius 2 is 2.07 bits per heavy atom. The van der Waals surface area contributed by atoms with Gasteiger partial charge in [0, 0.05) is 11.8 Å². The maximum absolute atomic E-state index is 6.02. The molecule has 1 atom stereocenters. The monoisotopic (exact) mass is 225 g/mol. The fourth-order valence-corrected chi connectivity index (χ4v) is 2.12. The molecule has 1 aromatic carbocycles. The molecule has 2 rings (SSSR count). The summed E-state index contributed by atoms with van der Waals surface area (Å²) in [6.45, 7) is 1.25. The Balaban J connectivity index is 2.20. The summed E-state index contributed by atoms with van der Waals surface area (Å²) in [6, 6.07) is 5.99. The minimum atomic E-state index is 0.0656. The third kappa shape index (κ3) is 2.38. The highest BCUT2D eigenvalue weighted by Crippen LogP contribution is 2.32. The van der Waals surface area contributed by atoms with Crippen LogP contribution < -0.4 is 15.2 Å². The highest BCUT2D eigenvalue weighted by atomic mass is 32.2. The molecule has 3 nitrogen and oxygen atoms in total. The van der Waals surface area contributed by atoms with Crippen molar-refractivity contribution >= 4 is 11.8 Å². The van der Waals surface area contributed by atoms with Crippen LogP contribution >= 0.6 is 11.8 Å². The molecule has 0 aliphatic carbocycles. The molecule has 1 aliphatic rings. The van der Waals surface area contributed by atoms with E-state index in [9.17, 15) is 0 Å². The largest absolute Gasteiger partial charge is 0.486 e. The van der Waals surface area contributed by atoms with E-state index < -0.39 is 0 Å². The molecule has 15 heavy (non-hydrogen) atoms. The first-order valence-corrected chi connectivity index (χ1v) is 6.34. The van der Waals surface area contributed by atoms with Crippen LogP contribution in [0.3, 0.4) is 0 Å². The molecule has 2 N–H and O–H groups in total. The summed E-state index contributed by atoms with van der Waals surface area (Å²) in [4.78, 5) is 0. The molecule has 1 heterocycles. The lowest BCUT2D eigenvalue weighted by Gasteiger charge is -2.20. The van der Waals surface area contributed by atoms with Gasteiger partial charge < -0.3 is 15.2 Å². The molecule has 0 saturated heterocycles. The van der Waals surface area contributed by atoms with E-state index in [1.807, 2.05) is 18.2 Å². The van der Waals surface area contributed by atoms with Gasteiger partial charge in [0.15, 0.2) is 11.5 Å². The molecule has 0 radical (unpaired) electrons. The Morgan fingerprint density at radius 3 is 2.80 bits per heavy atom. The average molecular weight is 225 g/mol. The minimum absolute atomic E-state index is 0.0656. The summed E-state index contributed by atoms with van der Waals surface area (Å²) in [6.07, 6.45) is 2.05. The predicted molar refractivity (Wildman–Crippen MR) is 62.7 cm³/mol. The summed E-state index contributed by atoms with van der Waals surface area (Å²) in [5.74, 6) is 2.55. The van der Waals surface area contributed by atoms with Crippen LogP contribution in [0.4, 0.5) is 0 Å². The second-order valence-electron chi connectivity index (χ2n) is 3.46. The number of benzene rings is 1. The number of nitrogens with two attached hydrogens (primary N) is 1. The molecular weight excluding hydrogens is 210 g/mol. The lowest BCUT2D eigenvalue weighted by molar-refractivity contribution is 0.171. The summed E-state index contributed by atoms with van der Waals surface area (Å²) < 4.78 is 11.0. The van der Waals surface area contributed by atoms with Crippen molar-refractivity contribution in [2.24, 2.45) is 5.73 Å². The lowest BCUT2D eigenvalue weighted by atomic mass is 10.1. The van der Waals surface area contributed by atoms with E-state index in [1.165, 1.54) is 0 Å². The number of ether oxygens (including phenoxy) is 2. The van der Waals surface area contributed by atoms with Crippen LogP contribution in [0.1, 0.15) is 11.6 Å². The van der Waals surface area contributed by atoms with E-state index in [-0.39, 0.29) is 6.04 Å². The van der Waals surface area contributed by atoms with Gasteiger partial charge in [-0.3, -0.25) is 0 Å². The molecule has 4 heteroatoms. The number of thioether (sulfide) groups is 1. The molecule has 0 saturated carbocycles. The van der Waals surface area contributed by atoms with Crippen LogP contribution in [-0.4, -0.2) is 25.2 Å². The standard InChI is InChI=1S/C11H15NO2S/c1-15-7-9(12)8-2-3-10-11(6-8)14-5-4-13-10/h2-3,6,9H,4-5,7,12H2,1H3. The maximum atomic E-state index is 6.02. The van der Waals surface area contributed by atoms with Gasteiger partial charge in [-0.25, -0.2) is 0 Å². The van der Waals surface area contributed by atoms with Gasteiger partial charge in [0.25, 0.3) is 0 Å². The number of hydrogen-bond donors (Lipinski definition) is 1. The zero-order chi connectivity index (χ0) is 10.7. The number of fused-ring (bicyclic) bond motifs is 1. The Hall–Kier alpha value is -0.870. The summed E-state index contributed by atoms with van der Waals surface area (Å²) >= 11 is 1.74.